The third-order valence-electron chi connectivity index (χ3n) is 3.93. The summed E-state index contributed by atoms with van der Waals surface area (Å²) in [6, 6.07) is 6.48. The Hall–Kier alpha value is -2.54. The van der Waals surface area contributed by atoms with Gasteiger partial charge in [-0.15, -0.1) is 0 Å². The van der Waals surface area contributed by atoms with Gasteiger partial charge in [0.25, 0.3) is 5.91 Å². The molecule has 0 saturated carbocycles. The first kappa shape index (κ1) is 16.3. The number of urea groups is 1. The highest BCUT2D eigenvalue weighted by Gasteiger charge is 2.30. The van der Waals surface area contributed by atoms with Gasteiger partial charge in [-0.1, -0.05) is 17.7 Å². The van der Waals surface area contributed by atoms with Crippen LogP contribution in [-0.4, -0.2) is 45.8 Å². The van der Waals surface area contributed by atoms with Crippen LogP contribution in [0.5, 0.6) is 0 Å². The van der Waals surface area contributed by atoms with Gasteiger partial charge in [0.2, 0.25) is 0 Å². The van der Waals surface area contributed by atoms with E-state index in [1.165, 1.54) is 4.90 Å². The van der Waals surface area contributed by atoms with Gasteiger partial charge in [0, 0.05) is 18.1 Å². The van der Waals surface area contributed by atoms with Crippen molar-refractivity contribution in [3.63, 3.8) is 0 Å². The number of aromatic nitrogens is 2. The third kappa shape index (κ3) is 3.07. The molecule has 2 N–H and O–H groups in total. The molecular formula is C16H18ClN5O2. The summed E-state index contributed by atoms with van der Waals surface area (Å²) in [6.07, 6.45) is 1.66. The molecule has 0 radical (unpaired) electrons. The van der Waals surface area contributed by atoms with E-state index in [1.807, 2.05) is 25.1 Å². The lowest BCUT2D eigenvalue weighted by atomic mass is 10.2. The van der Waals surface area contributed by atoms with Crippen LogP contribution in [-0.2, 0) is 4.79 Å². The number of halogens is 1. The third-order valence-corrected chi connectivity index (χ3v) is 4.16. The van der Waals surface area contributed by atoms with Crippen molar-refractivity contribution < 1.29 is 9.59 Å². The van der Waals surface area contributed by atoms with E-state index in [1.54, 1.807) is 23.9 Å². The summed E-state index contributed by atoms with van der Waals surface area (Å²) in [7, 11) is 0. The average Bonchev–Trinajstić information content (AvgIpc) is 3.13. The Labute approximate surface area is 144 Å². The minimum Gasteiger partial charge on any atom is -0.371 e. The minimum atomic E-state index is -0.537. The van der Waals surface area contributed by atoms with Crippen molar-refractivity contribution in [2.75, 3.05) is 18.4 Å². The van der Waals surface area contributed by atoms with Crippen molar-refractivity contribution in [2.24, 2.45) is 0 Å². The number of hydrogen-bond acceptors (Lipinski definition) is 4. The smallest absolute Gasteiger partial charge is 0.324 e. The predicted molar refractivity (Wildman–Crippen MR) is 91.5 cm³/mol. The van der Waals surface area contributed by atoms with E-state index in [-0.39, 0.29) is 11.9 Å². The summed E-state index contributed by atoms with van der Waals surface area (Å²) in [5.41, 5.74) is 2.42. The van der Waals surface area contributed by atoms with Crippen molar-refractivity contribution in [2.45, 2.75) is 19.9 Å². The van der Waals surface area contributed by atoms with Crippen LogP contribution in [0.15, 0.2) is 30.5 Å². The van der Waals surface area contributed by atoms with Crippen LogP contribution in [0.25, 0.3) is 5.69 Å². The maximum Gasteiger partial charge on any atom is 0.324 e. The SMILES string of the molecule is Cc1c(N[C@@H](C)C(=O)N2CCNC2=O)cnn1-c1cccc(Cl)c1. The molecule has 8 heteroatoms. The van der Waals surface area contributed by atoms with Crippen LogP contribution in [0.4, 0.5) is 10.5 Å². The van der Waals surface area contributed by atoms with Gasteiger partial charge in [0.1, 0.15) is 6.04 Å². The van der Waals surface area contributed by atoms with E-state index in [0.717, 1.165) is 17.1 Å². The highest BCUT2D eigenvalue weighted by molar-refractivity contribution is 6.30. The van der Waals surface area contributed by atoms with E-state index < -0.39 is 6.04 Å². The molecule has 0 spiro atoms. The lowest BCUT2D eigenvalue weighted by Gasteiger charge is -2.19. The van der Waals surface area contributed by atoms with Crippen molar-refractivity contribution in [3.05, 3.63) is 41.2 Å². The summed E-state index contributed by atoms with van der Waals surface area (Å²) in [6.45, 7) is 4.51. The Morgan fingerprint density at radius 3 is 2.92 bits per heavy atom. The molecule has 24 heavy (non-hydrogen) atoms. The summed E-state index contributed by atoms with van der Waals surface area (Å²) in [5.74, 6) is -0.264. The van der Waals surface area contributed by atoms with E-state index in [0.29, 0.717) is 18.1 Å². The maximum atomic E-state index is 12.4. The maximum absolute atomic E-state index is 12.4. The fourth-order valence-corrected chi connectivity index (χ4v) is 2.81. The topological polar surface area (TPSA) is 79.3 Å². The lowest BCUT2D eigenvalue weighted by Crippen LogP contribution is -2.43. The normalized spacial score (nSPS) is 15.3. The summed E-state index contributed by atoms with van der Waals surface area (Å²) in [5, 5.41) is 10.7. The number of benzene rings is 1. The number of imide groups is 1. The number of carbonyl (C=O) groups excluding carboxylic acids is 2. The van der Waals surface area contributed by atoms with Gasteiger partial charge in [0.15, 0.2) is 0 Å². The molecule has 1 aliphatic rings. The molecule has 1 aromatic carbocycles. The molecule has 3 rings (SSSR count). The first-order valence-electron chi connectivity index (χ1n) is 7.63. The molecule has 126 valence electrons. The van der Waals surface area contributed by atoms with Crippen LogP contribution >= 0.6 is 11.6 Å². The van der Waals surface area contributed by atoms with Gasteiger partial charge in [-0.25, -0.2) is 9.48 Å². The largest absolute Gasteiger partial charge is 0.371 e. The van der Waals surface area contributed by atoms with Crippen LogP contribution in [0.2, 0.25) is 5.02 Å². The molecule has 0 bridgehead atoms. The highest BCUT2D eigenvalue weighted by Crippen LogP contribution is 2.21. The molecule has 1 atom stereocenters. The fourth-order valence-electron chi connectivity index (χ4n) is 2.63. The first-order chi connectivity index (χ1) is 11.5. The number of anilines is 1. The zero-order valence-corrected chi connectivity index (χ0v) is 14.2. The molecular weight excluding hydrogens is 330 g/mol. The molecule has 1 saturated heterocycles. The number of carbonyl (C=O) groups is 2. The van der Waals surface area contributed by atoms with Crippen molar-refractivity contribution in [1.29, 1.82) is 0 Å². The molecule has 3 amide bonds. The molecule has 2 aromatic rings. The van der Waals surface area contributed by atoms with E-state index >= 15 is 0 Å². The van der Waals surface area contributed by atoms with Gasteiger partial charge in [-0.05, 0) is 32.0 Å². The number of nitrogens with one attached hydrogen (secondary N) is 2. The average molecular weight is 348 g/mol. The van der Waals surface area contributed by atoms with E-state index in [4.69, 9.17) is 11.6 Å². The highest BCUT2D eigenvalue weighted by atomic mass is 35.5. The van der Waals surface area contributed by atoms with Crippen LogP contribution in [0.1, 0.15) is 12.6 Å². The number of hydrogen-bond donors (Lipinski definition) is 2. The van der Waals surface area contributed by atoms with Gasteiger partial charge >= 0.3 is 6.03 Å². The summed E-state index contributed by atoms with van der Waals surface area (Å²) >= 11 is 6.02. The molecule has 1 aromatic heterocycles. The van der Waals surface area contributed by atoms with Gasteiger partial charge in [-0.3, -0.25) is 9.69 Å². The Morgan fingerprint density at radius 1 is 1.46 bits per heavy atom. The van der Waals surface area contributed by atoms with Gasteiger partial charge in [-0.2, -0.15) is 5.10 Å². The molecule has 2 heterocycles. The second-order valence-electron chi connectivity index (χ2n) is 5.62. The zero-order chi connectivity index (χ0) is 17.3. The van der Waals surface area contributed by atoms with Gasteiger partial charge < -0.3 is 10.6 Å². The number of amides is 3. The quantitative estimate of drug-likeness (QED) is 0.888. The Kier molecular flexibility index (Phi) is 4.44. The van der Waals surface area contributed by atoms with E-state index in [9.17, 15) is 9.59 Å². The fraction of sp³-hybridized carbons (Fsp3) is 0.312. The Bertz CT molecular complexity index is 789. The molecule has 0 unspecified atom stereocenters. The van der Waals surface area contributed by atoms with E-state index in [2.05, 4.69) is 15.7 Å². The van der Waals surface area contributed by atoms with Crippen molar-refractivity contribution >= 4 is 29.2 Å². The summed E-state index contributed by atoms with van der Waals surface area (Å²) in [4.78, 5) is 25.2. The van der Waals surface area contributed by atoms with Crippen LogP contribution in [0.3, 0.4) is 0 Å². The first-order valence-corrected chi connectivity index (χ1v) is 8.01. The second kappa shape index (κ2) is 6.52. The van der Waals surface area contributed by atoms with Gasteiger partial charge in [0.05, 0.1) is 23.3 Å². The molecule has 1 aliphatic heterocycles. The standard InChI is InChI=1S/C16H18ClN5O2/c1-10(15(23)21-7-6-18-16(21)24)20-14-9-19-22(11(14)2)13-5-3-4-12(17)8-13/h3-5,8-10,20H,6-7H2,1-2H3,(H,18,24)/t10-/m0/s1. The van der Waals surface area contributed by atoms with Crippen molar-refractivity contribution in [1.82, 2.24) is 20.0 Å². The van der Waals surface area contributed by atoms with Crippen molar-refractivity contribution in [3.8, 4) is 5.69 Å². The Balaban J connectivity index is 1.76. The number of rotatable bonds is 4. The molecule has 0 aliphatic carbocycles. The molecule has 7 nitrogen and oxygen atoms in total. The predicted octanol–water partition coefficient (Wildman–Crippen LogP) is 2.19. The zero-order valence-electron chi connectivity index (χ0n) is 13.4. The monoisotopic (exact) mass is 347 g/mol. The summed E-state index contributed by atoms with van der Waals surface area (Å²) < 4.78 is 1.74. The molecule has 1 fully saturated rings. The number of nitrogens with zero attached hydrogens (tertiary/aromatic N) is 3. The lowest BCUT2D eigenvalue weighted by molar-refractivity contribution is -0.128. The Morgan fingerprint density at radius 2 is 2.25 bits per heavy atom. The van der Waals surface area contributed by atoms with Crippen LogP contribution in [0, 0.1) is 6.92 Å². The second-order valence-corrected chi connectivity index (χ2v) is 6.06. The van der Waals surface area contributed by atoms with Crippen LogP contribution < -0.4 is 10.6 Å². The minimum absolute atomic E-state index is 0.264.